The van der Waals surface area contributed by atoms with E-state index in [2.05, 4.69) is 5.32 Å². The lowest BCUT2D eigenvalue weighted by atomic mass is 9.93. The first-order valence-electron chi connectivity index (χ1n) is 12.3. The van der Waals surface area contributed by atoms with Gasteiger partial charge >= 0.3 is 12.1 Å². The fourth-order valence-corrected chi connectivity index (χ4v) is 4.46. The average molecular weight is 534 g/mol. The molecule has 2 aromatic carbocycles. The summed E-state index contributed by atoms with van der Waals surface area (Å²) in [6.07, 6.45) is -0.276. The second-order valence-electron chi connectivity index (χ2n) is 11.1. The number of esters is 1. The third kappa shape index (κ3) is 11.3. The summed E-state index contributed by atoms with van der Waals surface area (Å²) in [5, 5.41) is 2.61. The van der Waals surface area contributed by atoms with Crippen molar-refractivity contribution in [2.75, 3.05) is 6.61 Å². The molecule has 0 aliphatic heterocycles. The Bertz CT molecular complexity index is 1130. The third-order valence-corrected chi connectivity index (χ3v) is 6.38. The summed E-state index contributed by atoms with van der Waals surface area (Å²) in [7, 11) is -4.02. The Morgan fingerprint density at radius 2 is 1.43 bits per heavy atom. The van der Waals surface area contributed by atoms with Crippen molar-refractivity contribution in [3.63, 3.8) is 0 Å². The van der Waals surface area contributed by atoms with Crippen molar-refractivity contribution < 1.29 is 31.7 Å². The van der Waals surface area contributed by atoms with Gasteiger partial charge in [-0.05, 0) is 84.9 Å². The Morgan fingerprint density at radius 3 is 1.97 bits per heavy atom. The monoisotopic (exact) mass is 533 g/mol. The molecule has 0 radical (unpaired) electrons. The van der Waals surface area contributed by atoms with Crippen molar-refractivity contribution in [2.24, 2.45) is 5.92 Å². The van der Waals surface area contributed by atoms with E-state index >= 15 is 0 Å². The number of alkyl carbamates (subject to hydrolysis) is 1. The molecule has 0 spiro atoms. The summed E-state index contributed by atoms with van der Waals surface area (Å²) in [5.74, 6) is -1.09. The van der Waals surface area contributed by atoms with Crippen molar-refractivity contribution in [1.29, 1.82) is 0 Å². The average Bonchev–Trinajstić information content (AvgIpc) is 2.75. The molecule has 1 amide bonds. The molecule has 2 rings (SSSR count). The van der Waals surface area contributed by atoms with Crippen molar-refractivity contribution in [1.82, 2.24) is 5.32 Å². The number of aryl methyl sites for hydroxylation is 1. The zero-order valence-corrected chi connectivity index (χ0v) is 23.6. The minimum Gasteiger partial charge on any atom is -0.458 e. The largest absolute Gasteiger partial charge is 0.458 e. The molecule has 0 bridgehead atoms. The van der Waals surface area contributed by atoms with E-state index in [9.17, 15) is 18.0 Å². The van der Waals surface area contributed by atoms with Crippen LogP contribution >= 0.6 is 0 Å². The van der Waals surface area contributed by atoms with Crippen molar-refractivity contribution in [3.05, 3.63) is 65.7 Å². The zero-order chi connectivity index (χ0) is 27.9. The molecule has 0 saturated heterocycles. The van der Waals surface area contributed by atoms with Crippen LogP contribution in [-0.4, -0.2) is 44.3 Å². The van der Waals surface area contributed by atoms with E-state index in [1.165, 1.54) is 12.1 Å². The quantitative estimate of drug-likeness (QED) is 0.331. The van der Waals surface area contributed by atoms with Gasteiger partial charge < -0.3 is 14.8 Å². The molecule has 0 heterocycles. The van der Waals surface area contributed by atoms with Gasteiger partial charge in [-0.2, -0.15) is 8.42 Å². The lowest BCUT2D eigenvalue weighted by Crippen LogP contribution is -2.47. The van der Waals surface area contributed by atoms with Crippen molar-refractivity contribution in [3.8, 4) is 0 Å². The summed E-state index contributed by atoms with van der Waals surface area (Å²) in [6, 6.07) is 14.7. The minimum absolute atomic E-state index is 0.0483. The van der Waals surface area contributed by atoms with Crippen LogP contribution in [0.15, 0.2) is 59.5 Å². The van der Waals surface area contributed by atoms with Crippen LogP contribution in [-0.2, 0) is 35.0 Å². The van der Waals surface area contributed by atoms with Crippen LogP contribution in [0.1, 0.15) is 59.1 Å². The van der Waals surface area contributed by atoms with E-state index in [4.69, 9.17) is 13.7 Å². The molecule has 0 aliphatic carbocycles. The summed E-state index contributed by atoms with van der Waals surface area (Å²) in [5.41, 5.74) is 0.306. The van der Waals surface area contributed by atoms with E-state index < -0.39 is 45.3 Å². The van der Waals surface area contributed by atoms with Gasteiger partial charge in [0.15, 0.2) is 0 Å². The molecular weight excluding hydrogens is 494 g/mol. The summed E-state index contributed by atoms with van der Waals surface area (Å²) in [6.45, 7) is 12.0. The van der Waals surface area contributed by atoms with Crippen molar-refractivity contribution >= 4 is 22.2 Å². The third-order valence-electron chi connectivity index (χ3n) is 5.09. The second-order valence-corrected chi connectivity index (χ2v) is 12.7. The van der Waals surface area contributed by atoms with Gasteiger partial charge in [-0.3, -0.25) is 4.18 Å². The molecule has 0 fully saturated rings. The highest BCUT2D eigenvalue weighted by Crippen LogP contribution is 2.21. The van der Waals surface area contributed by atoms with E-state index in [-0.39, 0.29) is 17.9 Å². The normalized spacial score (nSPS) is 13.9. The van der Waals surface area contributed by atoms with Gasteiger partial charge in [0.05, 0.1) is 11.5 Å². The van der Waals surface area contributed by atoms with E-state index in [1.54, 1.807) is 53.7 Å². The molecule has 2 atom stereocenters. The zero-order valence-electron chi connectivity index (χ0n) is 22.7. The Kier molecular flexibility index (Phi) is 10.3. The molecule has 0 aliphatic rings. The Balaban J connectivity index is 2.28. The van der Waals surface area contributed by atoms with Crippen LogP contribution < -0.4 is 5.32 Å². The van der Waals surface area contributed by atoms with Crippen LogP contribution in [0.4, 0.5) is 4.79 Å². The second kappa shape index (κ2) is 12.6. The molecule has 0 saturated carbocycles. The molecule has 37 heavy (non-hydrogen) atoms. The number of hydrogen-bond donors (Lipinski definition) is 1. The molecule has 1 N–H and O–H groups in total. The molecule has 9 heteroatoms. The molecule has 204 valence electrons. The smallest absolute Gasteiger partial charge is 0.408 e. The predicted octanol–water partition coefficient (Wildman–Crippen LogP) is 5.18. The molecule has 0 unspecified atom stereocenters. The van der Waals surface area contributed by atoms with E-state index in [0.29, 0.717) is 6.42 Å². The highest BCUT2D eigenvalue weighted by Gasteiger charge is 2.32. The molecular formula is C28H39NO7S. The van der Waals surface area contributed by atoms with Crippen LogP contribution in [0, 0.1) is 12.8 Å². The van der Waals surface area contributed by atoms with Gasteiger partial charge in [0.25, 0.3) is 10.1 Å². The number of nitrogens with one attached hydrogen (secondary N) is 1. The highest BCUT2D eigenvalue weighted by molar-refractivity contribution is 7.86. The van der Waals surface area contributed by atoms with Gasteiger partial charge in [-0.1, -0.05) is 48.0 Å². The first-order chi connectivity index (χ1) is 17.0. The number of carbonyl (C=O) groups excluding carboxylic acids is 2. The lowest BCUT2D eigenvalue weighted by molar-refractivity contribution is -0.158. The maximum absolute atomic E-state index is 13.1. The maximum Gasteiger partial charge on any atom is 0.408 e. The number of rotatable bonds is 10. The first-order valence-corrected chi connectivity index (χ1v) is 13.7. The molecule has 0 aromatic heterocycles. The fourth-order valence-electron chi connectivity index (χ4n) is 3.49. The summed E-state index contributed by atoms with van der Waals surface area (Å²) >= 11 is 0. The highest BCUT2D eigenvalue weighted by atomic mass is 32.2. The van der Waals surface area contributed by atoms with E-state index in [1.807, 2.05) is 37.3 Å². The van der Waals surface area contributed by atoms with Crippen LogP contribution in [0.25, 0.3) is 0 Å². The Labute approximate surface area is 220 Å². The summed E-state index contributed by atoms with van der Waals surface area (Å²) < 4.78 is 42.0. The summed E-state index contributed by atoms with van der Waals surface area (Å²) in [4.78, 5) is 25.6. The SMILES string of the molecule is Cc1ccc(S(=O)(=O)OC[C@@H](Cc2ccccc2)C[C@H](NC(=O)OC(C)(C)C)C(=O)OC(C)(C)C)cc1. The number of ether oxygens (including phenoxy) is 2. The number of amides is 1. The van der Waals surface area contributed by atoms with Gasteiger partial charge in [0.2, 0.25) is 0 Å². The standard InChI is InChI=1S/C28H39NO7S/c1-20-13-15-23(16-14-20)37(32,33)34-19-22(17-21-11-9-8-10-12-21)18-24(25(30)35-27(2,3)4)29-26(31)36-28(5,6)7/h8-16,22,24H,17-19H2,1-7H3,(H,29,31)/t22-,24-/m0/s1. The van der Waals surface area contributed by atoms with Gasteiger partial charge in [0.1, 0.15) is 17.2 Å². The Morgan fingerprint density at radius 1 is 0.865 bits per heavy atom. The van der Waals surface area contributed by atoms with Gasteiger partial charge in [-0.15, -0.1) is 0 Å². The molecule has 8 nitrogen and oxygen atoms in total. The fraction of sp³-hybridized carbons (Fsp3) is 0.500. The maximum atomic E-state index is 13.1. The van der Waals surface area contributed by atoms with E-state index in [0.717, 1.165) is 11.1 Å². The lowest BCUT2D eigenvalue weighted by Gasteiger charge is -2.28. The molecule has 2 aromatic rings. The number of benzene rings is 2. The van der Waals surface area contributed by atoms with Gasteiger partial charge in [0, 0.05) is 0 Å². The Hall–Kier alpha value is -2.91. The van der Waals surface area contributed by atoms with Gasteiger partial charge in [-0.25, -0.2) is 9.59 Å². The number of hydrogen-bond acceptors (Lipinski definition) is 7. The van der Waals surface area contributed by atoms with Crippen LogP contribution in [0.2, 0.25) is 0 Å². The number of carbonyl (C=O) groups is 2. The predicted molar refractivity (Wildman–Crippen MR) is 142 cm³/mol. The van der Waals surface area contributed by atoms with Crippen LogP contribution in [0.3, 0.4) is 0 Å². The van der Waals surface area contributed by atoms with Crippen molar-refractivity contribution in [2.45, 2.75) is 83.4 Å². The van der Waals surface area contributed by atoms with Crippen LogP contribution in [0.5, 0.6) is 0 Å². The first kappa shape index (κ1) is 30.3. The topological polar surface area (TPSA) is 108 Å². The minimum atomic E-state index is -4.02.